The molecule has 0 aliphatic carbocycles. The van der Waals surface area contributed by atoms with E-state index in [1.54, 1.807) is 6.92 Å². The normalized spacial score (nSPS) is 13.7. The number of thioether (sulfide) groups is 1. The van der Waals surface area contributed by atoms with Gasteiger partial charge in [0.1, 0.15) is 0 Å². The van der Waals surface area contributed by atoms with E-state index in [1.165, 1.54) is 18.9 Å². The third-order valence-electron chi connectivity index (χ3n) is 2.47. The van der Waals surface area contributed by atoms with Gasteiger partial charge in [0.05, 0.1) is 6.07 Å². The second-order valence-electron chi connectivity index (χ2n) is 3.83. The molecule has 0 saturated heterocycles. The van der Waals surface area contributed by atoms with Gasteiger partial charge in [0.25, 0.3) is 0 Å². The van der Waals surface area contributed by atoms with Crippen molar-refractivity contribution in [3.8, 4) is 6.07 Å². The number of rotatable bonds is 5. The van der Waals surface area contributed by atoms with Gasteiger partial charge in [-0.2, -0.15) is 5.26 Å². The predicted molar refractivity (Wildman–Crippen MR) is 67.6 cm³/mol. The van der Waals surface area contributed by atoms with Crippen LogP contribution < -0.4 is 0 Å². The quantitative estimate of drug-likeness (QED) is 0.753. The number of nitriles is 1. The maximum absolute atomic E-state index is 11.7. The molecule has 1 aromatic rings. The lowest BCUT2D eigenvalue weighted by Gasteiger charge is -2.18. The lowest BCUT2D eigenvalue weighted by atomic mass is 10.0. The molecule has 0 heterocycles. The Bertz CT molecular complexity index is 413. The highest BCUT2D eigenvalue weighted by Gasteiger charge is 2.23. The van der Waals surface area contributed by atoms with Gasteiger partial charge < -0.3 is 4.74 Å². The number of benzene rings is 1. The summed E-state index contributed by atoms with van der Waals surface area (Å²) in [6.07, 6.45) is 0.746. The van der Waals surface area contributed by atoms with Crippen LogP contribution in [0.15, 0.2) is 35.2 Å². The molecule has 0 N–H and O–H groups in total. The first-order valence-electron chi connectivity index (χ1n) is 5.32. The van der Waals surface area contributed by atoms with Crippen LogP contribution in [0.5, 0.6) is 0 Å². The summed E-state index contributed by atoms with van der Waals surface area (Å²) < 4.78 is 5.06. The highest BCUT2D eigenvalue weighted by molar-refractivity contribution is 8.13. The molecule has 0 amide bonds. The minimum Gasteiger partial charge on any atom is -0.364 e. The summed E-state index contributed by atoms with van der Waals surface area (Å²) in [7, 11) is 1.48. The van der Waals surface area contributed by atoms with Gasteiger partial charge in [-0.05, 0) is 25.5 Å². The minimum absolute atomic E-state index is 0.0507. The van der Waals surface area contributed by atoms with E-state index in [-0.39, 0.29) is 5.12 Å². The van der Waals surface area contributed by atoms with Gasteiger partial charge in [0.15, 0.2) is 10.7 Å². The number of carbonyl (C=O) groups is 1. The van der Waals surface area contributed by atoms with E-state index in [2.05, 4.69) is 6.07 Å². The predicted octanol–water partition coefficient (Wildman–Crippen LogP) is 3.01. The molecule has 0 aliphatic rings. The van der Waals surface area contributed by atoms with Gasteiger partial charge in [-0.25, -0.2) is 0 Å². The number of hydrogen-bond acceptors (Lipinski definition) is 4. The molecule has 0 aliphatic heterocycles. The van der Waals surface area contributed by atoms with E-state index in [0.29, 0.717) is 12.8 Å². The molecule has 0 bridgehead atoms. The molecule has 90 valence electrons. The third kappa shape index (κ3) is 4.59. The fourth-order valence-corrected chi connectivity index (χ4v) is 1.98. The lowest BCUT2D eigenvalue weighted by Crippen LogP contribution is -2.25. The van der Waals surface area contributed by atoms with Crippen LogP contribution in [0, 0.1) is 11.3 Å². The number of nitrogens with zero attached hydrogens (tertiary/aromatic N) is 1. The van der Waals surface area contributed by atoms with Crippen molar-refractivity contribution in [3.63, 3.8) is 0 Å². The summed E-state index contributed by atoms with van der Waals surface area (Å²) in [5.74, 6) is 0. The minimum atomic E-state index is -0.868. The average Bonchev–Trinajstić information content (AvgIpc) is 2.37. The number of hydrogen-bond donors (Lipinski definition) is 0. The summed E-state index contributed by atoms with van der Waals surface area (Å²) in [6, 6.07) is 11.5. The molecule has 1 rings (SSSR count). The van der Waals surface area contributed by atoms with Crippen LogP contribution in [-0.2, 0) is 9.53 Å². The fourth-order valence-electron chi connectivity index (χ4n) is 1.22. The van der Waals surface area contributed by atoms with Gasteiger partial charge in [-0.15, -0.1) is 0 Å². The van der Waals surface area contributed by atoms with Crippen LogP contribution >= 0.6 is 11.8 Å². The van der Waals surface area contributed by atoms with E-state index in [1.807, 2.05) is 30.3 Å². The zero-order chi connectivity index (χ0) is 12.7. The van der Waals surface area contributed by atoms with Crippen molar-refractivity contribution in [3.05, 3.63) is 30.3 Å². The van der Waals surface area contributed by atoms with E-state index in [4.69, 9.17) is 10.00 Å². The fraction of sp³-hybridized carbons (Fsp3) is 0.385. The van der Waals surface area contributed by atoms with E-state index >= 15 is 0 Å². The first-order chi connectivity index (χ1) is 8.09. The van der Waals surface area contributed by atoms with Crippen molar-refractivity contribution in [2.45, 2.75) is 30.3 Å². The number of ether oxygens (including phenoxy) is 1. The Morgan fingerprint density at radius 2 is 2.12 bits per heavy atom. The Morgan fingerprint density at radius 1 is 1.47 bits per heavy atom. The maximum atomic E-state index is 11.7. The Balaban J connectivity index is 2.44. The molecule has 4 heteroatoms. The Labute approximate surface area is 106 Å². The van der Waals surface area contributed by atoms with Gasteiger partial charge in [-0.1, -0.05) is 30.0 Å². The number of methoxy groups -OCH3 is 1. The summed E-state index contributed by atoms with van der Waals surface area (Å²) in [6.45, 7) is 1.69. The second kappa shape index (κ2) is 6.43. The van der Waals surface area contributed by atoms with Crippen molar-refractivity contribution >= 4 is 16.9 Å². The highest BCUT2D eigenvalue weighted by Crippen LogP contribution is 2.23. The molecule has 0 aromatic heterocycles. The Hall–Kier alpha value is -1.31. The van der Waals surface area contributed by atoms with Crippen molar-refractivity contribution in [1.29, 1.82) is 5.26 Å². The molecule has 17 heavy (non-hydrogen) atoms. The second-order valence-corrected chi connectivity index (χ2v) is 4.96. The highest BCUT2D eigenvalue weighted by atomic mass is 32.2. The van der Waals surface area contributed by atoms with Crippen LogP contribution in [0.4, 0.5) is 0 Å². The lowest BCUT2D eigenvalue weighted by molar-refractivity contribution is -0.111. The molecule has 0 fully saturated rings. The van der Waals surface area contributed by atoms with Gasteiger partial charge in [-0.3, -0.25) is 4.79 Å². The summed E-state index contributed by atoms with van der Waals surface area (Å²) in [4.78, 5) is 12.6. The zero-order valence-electron chi connectivity index (χ0n) is 9.97. The largest absolute Gasteiger partial charge is 0.364 e. The molecule has 0 spiro atoms. The monoisotopic (exact) mass is 249 g/mol. The molecular weight excluding hydrogens is 234 g/mol. The van der Waals surface area contributed by atoms with Crippen molar-refractivity contribution in [2.75, 3.05) is 7.11 Å². The smallest absolute Gasteiger partial charge is 0.193 e. The van der Waals surface area contributed by atoms with Crippen molar-refractivity contribution < 1.29 is 9.53 Å². The molecule has 0 radical (unpaired) electrons. The van der Waals surface area contributed by atoms with E-state index in [0.717, 1.165) is 4.90 Å². The topological polar surface area (TPSA) is 50.1 Å². The van der Waals surface area contributed by atoms with Gasteiger partial charge in [0.2, 0.25) is 0 Å². The van der Waals surface area contributed by atoms with Gasteiger partial charge >= 0.3 is 0 Å². The molecule has 1 aromatic carbocycles. The van der Waals surface area contributed by atoms with E-state index < -0.39 is 5.60 Å². The van der Waals surface area contributed by atoms with Crippen LogP contribution in [0.25, 0.3) is 0 Å². The van der Waals surface area contributed by atoms with Crippen molar-refractivity contribution in [1.82, 2.24) is 0 Å². The standard InChI is InChI=1S/C13H15NO2S/c1-13(10-14,16-2)9-8-12(15)17-11-6-4-3-5-7-11/h3-7H,8-9H2,1-2H3. The molecule has 1 unspecified atom stereocenters. The van der Waals surface area contributed by atoms with Crippen LogP contribution in [-0.4, -0.2) is 17.8 Å². The van der Waals surface area contributed by atoms with Gasteiger partial charge in [0, 0.05) is 18.4 Å². The molecule has 0 saturated carbocycles. The first kappa shape index (κ1) is 13.8. The summed E-state index contributed by atoms with van der Waals surface area (Å²) in [5.41, 5.74) is -0.868. The SMILES string of the molecule is COC(C)(C#N)CCC(=O)Sc1ccccc1. The van der Waals surface area contributed by atoms with Crippen LogP contribution in [0.2, 0.25) is 0 Å². The summed E-state index contributed by atoms with van der Waals surface area (Å²) >= 11 is 1.20. The first-order valence-corrected chi connectivity index (χ1v) is 6.13. The average molecular weight is 249 g/mol. The zero-order valence-corrected chi connectivity index (χ0v) is 10.8. The van der Waals surface area contributed by atoms with Crippen LogP contribution in [0.1, 0.15) is 19.8 Å². The number of carbonyl (C=O) groups excluding carboxylic acids is 1. The molecular formula is C13H15NO2S. The molecule has 1 atom stereocenters. The Kier molecular flexibility index (Phi) is 5.20. The van der Waals surface area contributed by atoms with E-state index in [9.17, 15) is 4.79 Å². The third-order valence-corrected chi connectivity index (χ3v) is 3.41. The van der Waals surface area contributed by atoms with Crippen LogP contribution in [0.3, 0.4) is 0 Å². The Morgan fingerprint density at radius 3 is 2.65 bits per heavy atom. The van der Waals surface area contributed by atoms with Crippen molar-refractivity contribution in [2.24, 2.45) is 0 Å². The summed E-state index contributed by atoms with van der Waals surface area (Å²) in [5, 5.41) is 8.95. The maximum Gasteiger partial charge on any atom is 0.193 e. The molecule has 3 nitrogen and oxygen atoms in total.